The number of anilines is 1. The lowest BCUT2D eigenvalue weighted by Gasteiger charge is -1.98. The normalized spacial score (nSPS) is 12.1. The molecule has 80 valence electrons. The van der Waals surface area contributed by atoms with E-state index in [-0.39, 0.29) is 4.90 Å². The van der Waals surface area contributed by atoms with Crippen molar-refractivity contribution in [3.63, 3.8) is 0 Å². The molecule has 0 atom stereocenters. The molecule has 2 aromatic rings. The summed E-state index contributed by atoms with van der Waals surface area (Å²) in [6.45, 7) is 0. The Bertz CT molecular complexity index is 628. The number of sulfone groups is 1. The lowest BCUT2D eigenvalue weighted by Crippen LogP contribution is -1.97. The molecule has 0 bridgehead atoms. The summed E-state index contributed by atoms with van der Waals surface area (Å²) in [5.41, 5.74) is 7.03. The van der Waals surface area contributed by atoms with Crippen molar-refractivity contribution < 1.29 is 8.42 Å². The standard InChI is InChI=1S/C9H11N3O2S/c1-12-8-4-3-6(15(2,13)14)5-7(8)11-9(12)10/h3-5H,1-2H3,(H2,10,11). The van der Waals surface area contributed by atoms with Crippen LogP contribution in [0.1, 0.15) is 0 Å². The fraction of sp³-hybridized carbons (Fsp3) is 0.222. The monoisotopic (exact) mass is 225 g/mol. The van der Waals surface area contributed by atoms with Gasteiger partial charge in [0.05, 0.1) is 15.9 Å². The van der Waals surface area contributed by atoms with Crippen LogP contribution in [0.2, 0.25) is 0 Å². The van der Waals surface area contributed by atoms with Gasteiger partial charge in [-0.15, -0.1) is 0 Å². The second-order valence-corrected chi connectivity index (χ2v) is 5.47. The van der Waals surface area contributed by atoms with E-state index in [0.29, 0.717) is 11.5 Å². The van der Waals surface area contributed by atoms with Crippen molar-refractivity contribution in [2.45, 2.75) is 4.90 Å². The number of nitrogens with zero attached hydrogens (tertiary/aromatic N) is 2. The summed E-state index contributed by atoms with van der Waals surface area (Å²) < 4.78 is 24.3. The van der Waals surface area contributed by atoms with Gasteiger partial charge in [-0.2, -0.15) is 0 Å². The smallest absolute Gasteiger partial charge is 0.200 e. The van der Waals surface area contributed by atoms with Crippen LogP contribution in [0.5, 0.6) is 0 Å². The number of imidazole rings is 1. The number of aryl methyl sites for hydroxylation is 1. The molecule has 0 spiro atoms. The van der Waals surface area contributed by atoms with Crippen molar-refractivity contribution in [3.8, 4) is 0 Å². The molecule has 2 rings (SSSR count). The first-order chi connectivity index (χ1) is 6.89. The van der Waals surface area contributed by atoms with Gasteiger partial charge in [0.25, 0.3) is 0 Å². The fourth-order valence-corrected chi connectivity index (χ4v) is 2.07. The van der Waals surface area contributed by atoms with Gasteiger partial charge in [0, 0.05) is 13.3 Å². The van der Waals surface area contributed by atoms with E-state index in [4.69, 9.17) is 5.73 Å². The van der Waals surface area contributed by atoms with Gasteiger partial charge < -0.3 is 10.3 Å². The molecule has 1 aromatic carbocycles. The van der Waals surface area contributed by atoms with Gasteiger partial charge in [-0.25, -0.2) is 13.4 Å². The third-order valence-corrected chi connectivity index (χ3v) is 3.43. The molecule has 0 amide bonds. The Kier molecular flexibility index (Phi) is 1.97. The molecule has 5 nitrogen and oxygen atoms in total. The van der Waals surface area contributed by atoms with Crippen molar-refractivity contribution in [1.29, 1.82) is 0 Å². The third kappa shape index (κ3) is 1.56. The SMILES string of the molecule is Cn1c(N)nc2cc(S(C)(=O)=O)ccc21. The maximum absolute atomic E-state index is 11.3. The van der Waals surface area contributed by atoms with Gasteiger partial charge in [0.15, 0.2) is 9.84 Å². The summed E-state index contributed by atoms with van der Waals surface area (Å²) >= 11 is 0. The van der Waals surface area contributed by atoms with Gasteiger partial charge in [0.2, 0.25) is 5.95 Å². The molecule has 0 saturated carbocycles. The van der Waals surface area contributed by atoms with E-state index in [1.165, 1.54) is 12.3 Å². The van der Waals surface area contributed by atoms with Crippen LogP contribution in [0.4, 0.5) is 5.95 Å². The molecule has 0 radical (unpaired) electrons. The molecule has 2 N–H and O–H groups in total. The first-order valence-corrected chi connectivity index (χ1v) is 6.21. The Morgan fingerprint density at radius 2 is 2.07 bits per heavy atom. The van der Waals surface area contributed by atoms with Gasteiger partial charge >= 0.3 is 0 Å². The summed E-state index contributed by atoms with van der Waals surface area (Å²) in [6, 6.07) is 4.79. The minimum absolute atomic E-state index is 0.258. The first-order valence-electron chi connectivity index (χ1n) is 4.31. The molecule has 0 aliphatic rings. The van der Waals surface area contributed by atoms with Crippen LogP contribution in [0.25, 0.3) is 11.0 Å². The van der Waals surface area contributed by atoms with Crippen LogP contribution in [-0.4, -0.2) is 24.2 Å². The van der Waals surface area contributed by atoms with Crippen LogP contribution in [0, 0.1) is 0 Å². The largest absolute Gasteiger partial charge is 0.369 e. The average Bonchev–Trinajstić information content (AvgIpc) is 2.41. The Labute approximate surface area is 87.4 Å². The molecule has 0 aliphatic carbocycles. The number of hydrogen-bond acceptors (Lipinski definition) is 4. The number of nitrogens with two attached hydrogens (primary N) is 1. The van der Waals surface area contributed by atoms with Crippen LogP contribution in [0.15, 0.2) is 23.1 Å². The number of hydrogen-bond donors (Lipinski definition) is 1. The van der Waals surface area contributed by atoms with Crippen LogP contribution < -0.4 is 5.73 Å². The predicted octanol–water partition coefficient (Wildman–Crippen LogP) is 0.559. The van der Waals surface area contributed by atoms with Crippen molar-refractivity contribution >= 4 is 26.8 Å². The molecular weight excluding hydrogens is 214 g/mol. The van der Waals surface area contributed by atoms with Crippen LogP contribution >= 0.6 is 0 Å². The maximum atomic E-state index is 11.3. The van der Waals surface area contributed by atoms with Gasteiger partial charge in [-0.3, -0.25) is 0 Å². The van der Waals surface area contributed by atoms with E-state index >= 15 is 0 Å². The van der Waals surface area contributed by atoms with Crippen molar-refractivity contribution in [2.24, 2.45) is 7.05 Å². The molecule has 6 heteroatoms. The van der Waals surface area contributed by atoms with Crippen molar-refractivity contribution in [2.75, 3.05) is 12.0 Å². The molecule has 1 heterocycles. The highest BCUT2D eigenvalue weighted by Gasteiger charge is 2.10. The Morgan fingerprint density at radius 1 is 1.40 bits per heavy atom. The van der Waals surface area contributed by atoms with Crippen LogP contribution in [0.3, 0.4) is 0 Å². The third-order valence-electron chi connectivity index (χ3n) is 2.32. The highest BCUT2D eigenvalue weighted by atomic mass is 32.2. The van der Waals surface area contributed by atoms with E-state index < -0.39 is 9.84 Å². The second-order valence-electron chi connectivity index (χ2n) is 3.45. The molecule has 0 unspecified atom stereocenters. The average molecular weight is 225 g/mol. The zero-order valence-corrected chi connectivity index (χ0v) is 9.25. The topological polar surface area (TPSA) is 78.0 Å². The number of fused-ring (bicyclic) bond motifs is 1. The van der Waals surface area contributed by atoms with Crippen molar-refractivity contribution in [3.05, 3.63) is 18.2 Å². The van der Waals surface area contributed by atoms with Crippen molar-refractivity contribution in [1.82, 2.24) is 9.55 Å². The number of aromatic nitrogens is 2. The highest BCUT2D eigenvalue weighted by Crippen LogP contribution is 2.20. The Balaban J connectivity index is 2.78. The highest BCUT2D eigenvalue weighted by molar-refractivity contribution is 7.90. The quantitative estimate of drug-likeness (QED) is 0.769. The molecule has 0 fully saturated rings. The number of benzene rings is 1. The minimum Gasteiger partial charge on any atom is -0.369 e. The summed E-state index contributed by atoms with van der Waals surface area (Å²) in [6.07, 6.45) is 1.17. The molecule has 1 aromatic heterocycles. The molecule has 0 aliphatic heterocycles. The number of nitrogen functional groups attached to an aromatic ring is 1. The Morgan fingerprint density at radius 3 is 2.67 bits per heavy atom. The summed E-state index contributed by atoms with van der Waals surface area (Å²) in [5.74, 6) is 0.371. The lowest BCUT2D eigenvalue weighted by molar-refractivity contribution is 0.602. The molecule has 15 heavy (non-hydrogen) atoms. The van der Waals surface area contributed by atoms with E-state index in [0.717, 1.165) is 5.52 Å². The Hall–Kier alpha value is -1.56. The predicted molar refractivity (Wildman–Crippen MR) is 58.2 cm³/mol. The molecule has 0 saturated heterocycles. The summed E-state index contributed by atoms with van der Waals surface area (Å²) in [5, 5.41) is 0. The van der Waals surface area contributed by atoms with E-state index in [1.807, 2.05) is 0 Å². The molecular formula is C9H11N3O2S. The lowest BCUT2D eigenvalue weighted by atomic mass is 10.3. The zero-order chi connectivity index (χ0) is 11.2. The van der Waals surface area contributed by atoms with E-state index in [9.17, 15) is 8.42 Å². The summed E-state index contributed by atoms with van der Waals surface area (Å²) in [7, 11) is -1.41. The fourth-order valence-electron chi connectivity index (χ4n) is 1.43. The number of rotatable bonds is 1. The second kappa shape index (κ2) is 2.96. The van der Waals surface area contributed by atoms with E-state index in [2.05, 4.69) is 4.98 Å². The first kappa shape index (κ1) is 9.97. The zero-order valence-electron chi connectivity index (χ0n) is 8.43. The van der Waals surface area contributed by atoms with Gasteiger partial charge in [-0.1, -0.05) is 0 Å². The minimum atomic E-state index is -3.19. The maximum Gasteiger partial charge on any atom is 0.200 e. The summed E-state index contributed by atoms with van der Waals surface area (Å²) in [4.78, 5) is 4.32. The van der Waals surface area contributed by atoms with Gasteiger partial charge in [-0.05, 0) is 18.2 Å². The van der Waals surface area contributed by atoms with E-state index in [1.54, 1.807) is 23.7 Å². The van der Waals surface area contributed by atoms with Gasteiger partial charge in [0.1, 0.15) is 0 Å². The van der Waals surface area contributed by atoms with Crippen LogP contribution in [-0.2, 0) is 16.9 Å².